The first-order valence-corrected chi connectivity index (χ1v) is 45.1. The molecular weight excluding hydrogens is 1830 g/mol. The number of amides is 7. The van der Waals surface area contributed by atoms with Crippen LogP contribution in [0.1, 0.15) is 232 Å². The third kappa shape index (κ3) is 39.1. The fourth-order valence-electron chi connectivity index (χ4n) is 14.6. The second-order valence-corrected chi connectivity index (χ2v) is 37.4. The third-order valence-electron chi connectivity index (χ3n) is 21.7. The molecule has 4 saturated carbocycles. The predicted molar refractivity (Wildman–Crippen MR) is 469 cm³/mol. The van der Waals surface area contributed by atoms with Crippen molar-refractivity contribution >= 4 is 71.0 Å². The smallest absolute Gasteiger partial charge is 0.410 e. The van der Waals surface area contributed by atoms with Gasteiger partial charge in [-0.1, -0.05) is 30.3 Å². The molecule has 136 heavy (non-hydrogen) atoms. The molecule has 10 N–H and O–H groups in total. The molecule has 31 nitrogen and oxygen atoms in total. The molecule has 0 spiro atoms. The number of nitrogen functional groups attached to an aromatic ring is 1. The molecule has 5 atom stereocenters. The van der Waals surface area contributed by atoms with E-state index in [2.05, 4.69) is 57.2 Å². The second-order valence-electron chi connectivity index (χ2n) is 37.4. The Morgan fingerprint density at radius 3 is 0.853 bits per heavy atom. The van der Waals surface area contributed by atoms with Crippen molar-refractivity contribution in [2.45, 2.75) is 256 Å². The molecule has 756 valence electrons. The van der Waals surface area contributed by atoms with E-state index in [0.29, 0.717) is 144 Å². The number of halogens is 14. The third-order valence-corrected chi connectivity index (χ3v) is 21.7. The lowest BCUT2D eigenvalue weighted by atomic mass is 9.96. The number of anilines is 5. The standard InChI is InChI=1S/2C21H28F3N3O4.C17H24F3N3O3.C16H20F3N3O2.C14H18N2O3.C2H5F2N/c2*1-20(2,3)31-19(29)27(12-21(22,23)24)10-16-15(14-8-9-30-11-14)6-7-17(25-16)26-18(28)13-4-5-13;1-16(2,3)26-15(24)23(10-17(18,19)20)8-13-12(4-5-14(21)22-13)11-6-7-25-9-11;17-16(18,19)9-20-7-13-12(11-5-6-24-8-11)3-4-14(21-13)22-15(23)10-1-2-10;17-7-12-11(10-5-6-19-8-10)3-4-13(15-12)16-14(18)9-1-2-9;3-2(4)1-5/h2*6-7,13-14H,4-5,8-12H2,1-3H3,(H,25,26,28);4-5,11H,6-10H2,1-3H3,(H2,21,22);3-4,10-11,20H,1-2,5-9H2,(H,21,22,23);3-4,9-10,17H,1-2,5-8H2,(H,15,16,18);2H,1,5H2. The molecule has 10 heterocycles. The Morgan fingerprint density at radius 1 is 0.382 bits per heavy atom. The van der Waals surface area contributed by atoms with Gasteiger partial charge in [-0.15, -0.1) is 0 Å². The average Bonchev–Trinajstić information content (AvgIpc) is 1.70. The molecule has 14 rings (SSSR count). The van der Waals surface area contributed by atoms with Crippen LogP contribution in [0.5, 0.6) is 0 Å². The van der Waals surface area contributed by atoms with E-state index in [-0.39, 0.29) is 108 Å². The molecule has 5 aromatic heterocycles. The molecule has 5 saturated heterocycles. The van der Waals surface area contributed by atoms with E-state index in [1.54, 1.807) is 105 Å². The van der Waals surface area contributed by atoms with Crippen molar-refractivity contribution in [3.8, 4) is 0 Å². The van der Waals surface area contributed by atoms with Crippen LogP contribution < -0.4 is 38.1 Å². The van der Waals surface area contributed by atoms with Crippen LogP contribution in [-0.4, -0.2) is 233 Å². The number of nitrogens with zero attached hydrogens (tertiary/aromatic N) is 8. The van der Waals surface area contributed by atoms with Gasteiger partial charge >= 0.3 is 43.0 Å². The Kier molecular flexibility index (Phi) is 39.5. The highest BCUT2D eigenvalue weighted by Gasteiger charge is 2.42. The summed E-state index contributed by atoms with van der Waals surface area (Å²) in [7, 11) is 0. The van der Waals surface area contributed by atoms with Crippen molar-refractivity contribution in [1.29, 1.82) is 0 Å². The first kappa shape index (κ1) is 110. The van der Waals surface area contributed by atoms with Crippen molar-refractivity contribution in [2.75, 3.05) is 126 Å². The van der Waals surface area contributed by atoms with Gasteiger partial charge in [0, 0.05) is 92.8 Å². The highest BCUT2D eigenvalue weighted by Crippen LogP contribution is 2.40. The van der Waals surface area contributed by atoms with Crippen LogP contribution in [0.4, 0.5) is 105 Å². The van der Waals surface area contributed by atoms with E-state index in [1.807, 2.05) is 18.2 Å². The Hall–Kier alpha value is -10.1. The van der Waals surface area contributed by atoms with Crippen LogP contribution >= 0.6 is 0 Å². The average molecular weight is 1950 g/mol. The lowest BCUT2D eigenvalue weighted by Crippen LogP contribution is -2.42. The highest BCUT2D eigenvalue weighted by atomic mass is 19.4. The number of hydrogen-bond acceptors (Lipinski definition) is 24. The second kappa shape index (κ2) is 49.0. The summed E-state index contributed by atoms with van der Waals surface area (Å²) in [6.45, 7) is 12.7. The fraction of sp³-hybridized carbons (Fsp3) is 0.648. The van der Waals surface area contributed by atoms with E-state index < -0.39 is 112 Å². The maximum absolute atomic E-state index is 13.2. The zero-order chi connectivity index (χ0) is 99.8. The molecule has 5 aliphatic heterocycles. The number of ether oxygens (including phenoxy) is 8. The number of pyridine rings is 5. The van der Waals surface area contributed by atoms with Crippen LogP contribution in [0.3, 0.4) is 0 Å². The van der Waals surface area contributed by atoms with Crippen molar-refractivity contribution in [1.82, 2.24) is 44.9 Å². The quantitative estimate of drug-likeness (QED) is 0.0179. The monoisotopic (exact) mass is 1950 g/mol. The number of nitrogens with two attached hydrogens (primary N) is 2. The van der Waals surface area contributed by atoms with Crippen LogP contribution in [0.15, 0.2) is 60.7 Å². The van der Waals surface area contributed by atoms with Crippen molar-refractivity contribution in [2.24, 2.45) is 29.4 Å². The van der Waals surface area contributed by atoms with Crippen LogP contribution in [0, 0.1) is 23.7 Å². The van der Waals surface area contributed by atoms with Gasteiger partial charge in [0.05, 0.1) is 101 Å². The summed E-state index contributed by atoms with van der Waals surface area (Å²) in [6, 6.07) is 17.4. The number of aliphatic hydroxyl groups is 1. The molecule has 45 heteroatoms. The van der Waals surface area contributed by atoms with Gasteiger partial charge in [0.1, 0.15) is 65.5 Å². The first-order valence-electron chi connectivity index (χ1n) is 45.1. The Morgan fingerprint density at radius 2 is 0.625 bits per heavy atom. The number of alkyl halides is 14. The zero-order valence-corrected chi connectivity index (χ0v) is 77.5. The highest BCUT2D eigenvalue weighted by molar-refractivity contribution is 5.95. The van der Waals surface area contributed by atoms with Gasteiger partial charge in [0.25, 0.3) is 6.43 Å². The molecule has 9 aliphatic rings. The molecule has 0 aromatic carbocycles. The maximum Gasteiger partial charge on any atom is 0.410 e. The Balaban J connectivity index is 0.000000190. The Bertz CT molecular complexity index is 4630. The molecular formula is C91H123F14N15O16. The molecule has 5 unspecified atom stereocenters. The van der Waals surface area contributed by atoms with E-state index in [0.717, 1.165) is 93.9 Å². The molecule has 0 radical (unpaired) electrons. The van der Waals surface area contributed by atoms with Crippen LogP contribution in [-0.2, 0) is 89.9 Å². The first-order chi connectivity index (χ1) is 63.7. The van der Waals surface area contributed by atoms with E-state index in [1.165, 1.54) is 0 Å². The largest absolute Gasteiger partial charge is 0.444 e. The minimum atomic E-state index is -4.61. The number of nitrogens with one attached hydrogen (secondary N) is 5. The van der Waals surface area contributed by atoms with Crippen LogP contribution in [0.2, 0.25) is 0 Å². The summed E-state index contributed by atoms with van der Waals surface area (Å²) < 4.78 is 219. The van der Waals surface area contributed by atoms with Crippen molar-refractivity contribution < 1.29 is 138 Å². The number of aromatic nitrogens is 5. The van der Waals surface area contributed by atoms with Gasteiger partial charge in [-0.2, -0.15) is 52.7 Å². The topological polar surface area (TPSA) is 400 Å². The SMILES string of the molecule is CC(C)(C)OC(=O)N(Cc1nc(N)ccc1C1CCOC1)CC(F)(F)F.CC(C)(C)OC(=O)N(Cc1nc(NC(=O)C2CC2)ccc1C1CCOC1)CC(F)(F)F.CC(C)(C)OC(=O)N(Cc1nc(NC(=O)C2CC2)ccc1C1CCOC1)CC(F)(F)F.NCC(F)F.O=C(Nc1ccc(C2CCOC2)c(CNCC(F)(F)F)n1)C1CC1.O=C(Nc1ccc(C2CCOC2)c(CO)n1)C1CC1. The molecule has 7 amide bonds. The fourth-order valence-corrected chi connectivity index (χ4v) is 14.6. The van der Waals surface area contributed by atoms with Crippen LogP contribution in [0.25, 0.3) is 0 Å². The summed E-state index contributed by atoms with van der Waals surface area (Å²) in [5, 5.41) is 22.8. The molecule has 0 bridgehead atoms. The summed E-state index contributed by atoms with van der Waals surface area (Å²) in [6.07, 6.45) is -12.7. The summed E-state index contributed by atoms with van der Waals surface area (Å²) in [4.78, 5) is 109. The lowest BCUT2D eigenvalue weighted by molar-refractivity contribution is -0.146. The van der Waals surface area contributed by atoms with Gasteiger partial charge in [0.2, 0.25) is 23.6 Å². The molecule has 9 fully saturated rings. The van der Waals surface area contributed by atoms with Crippen molar-refractivity contribution in [3.63, 3.8) is 0 Å². The van der Waals surface area contributed by atoms with Gasteiger partial charge in [-0.25, -0.2) is 48.1 Å². The number of hydrogen-bond donors (Lipinski definition) is 8. The summed E-state index contributed by atoms with van der Waals surface area (Å²) in [5.41, 5.74) is 13.5. The van der Waals surface area contributed by atoms with Gasteiger partial charge in [-0.3, -0.25) is 33.9 Å². The van der Waals surface area contributed by atoms with Crippen molar-refractivity contribution in [3.05, 3.63) is 117 Å². The number of carbonyl (C=O) groups excluding carboxylic acids is 7. The van der Waals surface area contributed by atoms with Gasteiger partial charge in [0.15, 0.2) is 0 Å². The minimum Gasteiger partial charge on any atom is -0.444 e. The maximum atomic E-state index is 13.2. The van der Waals surface area contributed by atoms with E-state index in [4.69, 9.17) is 43.6 Å². The summed E-state index contributed by atoms with van der Waals surface area (Å²) in [5.74, 6) is 1.74. The van der Waals surface area contributed by atoms with Gasteiger partial charge in [-0.05, 0) is 204 Å². The molecule has 4 aliphatic carbocycles. The Labute approximate surface area is 779 Å². The van der Waals surface area contributed by atoms with E-state index >= 15 is 0 Å². The number of carbonyl (C=O) groups is 7. The summed E-state index contributed by atoms with van der Waals surface area (Å²) >= 11 is 0. The zero-order valence-electron chi connectivity index (χ0n) is 77.5. The van der Waals surface area contributed by atoms with E-state index in [9.17, 15) is 100 Å². The number of rotatable bonds is 27. The predicted octanol–water partition coefficient (Wildman–Crippen LogP) is 16.2. The number of aliphatic hydroxyl groups excluding tert-OH is 1. The normalized spacial score (nSPS) is 19.4. The minimum absolute atomic E-state index is 0.00151. The van der Waals surface area contributed by atoms with Gasteiger partial charge < -0.3 is 81.1 Å². The molecule has 5 aromatic rings. The lowest BCUT2D eigenvalue weighted by Gasteiger charge is -2.29.